The second-order valence-corrected chi connectivity index (χ2v) is 10.4. The van der Waals surface area contributed by atoms with Crippen LogP contribution >= 0.6 is 22.7 Å². The second-order valence-electron chi connectivity index (χ2n) is 8.48. The van der Waals surface area contributed by atoms with E-state index in [2.05, 4.69) is 6.07 Å². The van der Waals surface area contributed by atoms with Crippen LogP contribution in [0.2, 0.25) is 0 Å². The van der Waals surface area contributed by atoms with E-state index in [9.17, 15) is 9.59 Å². The lowest BCUT2D eigenvalue weighted by molar-refractivity contribution is 0.0729. The van der Waals surface area contributed by atoms with Gasteiger partial charge in [0.2, 0.25) is 0 Å². The van der Waals surface area contributed by atoms with Gasteiger partial charge in [-0.1, -0.05) is 66.7 Å². The number of ether oxygens (including phenoxy) is 2. The third-order valence-electron chi connectivity index (χ3n) is 6.14. The lowest BCUT2D eigenvalue weighted by Gasteiger charge is -2.15. The van der Waals surface area contributed by atoms with Crippen LogP contribution < -0.4 is 9.47 Å². The molecule has 6 heteroatoms. The van der Waals surface area contributed by atoms with Crippen molar-refractivity contribution in [3.05, 3.63) is 129 Å². The smallest absolute Gasteiger partial charge is 0.353 e. The molecule has 0 aliphatic rings. The van der Waals surface area contributed by atoms with Crippen LogP contribution in [0.15, 0.2) is 108 Å². The van der Waals surface area contributed by atoms with Gasteiger partial charge >= 0.3 is 11.9 Å². The summed E-state index contributed by atoms with van der Waals surface area (Å²) < 4.78 is 11.7. The van der Waals surface area contributed by atoms with E-state index in [4.69, 9.17) is 9.47 Å². The molecule has 2 aromatic heterocycles. The second kappa shape index (κ2) is 10.0. The molecule has 0 aliphatic heterocycles. The minimum absolute atomic E-state index is 0.380. The summed E-state index contributed by atoms with van der Waals surface area (Å²) in [6.07, 6.45) is 0.485. The van der Waals surface area contributed by atoms with Gasteiger partial charge in [0.15, 0.2) is 0 Å². The number of hydrogen-bond donors (Lipinski definition) is 0. The summed E-state index contributed by atoms with van der Waals surface area (Å²) in [5, 5.41) is 7.77. The van der Waals surface area contributed by atoms with Gasteiger partial charge < -0.3 is 9.47 Å². The van der Waals surface area contributed by atoms with Crippen molar-refractivity contribution < 1.29 is 19.1 Å². The van der Waals surface area contributed by atoms with E-state index in [0.29, 0.717) is 27.7 Å². The van der Waals surface area contributed by atoms with Gasteiger partial charge in [0.05, 0.1) is 0 Å². The van der Waals surface area contributed by atoms with Gasteiger partial charge in [-0.05, 0) is 68.2 Å². The molecule has 0 radical (unpaired) electrons. The molecule has 0 N–H and O–H groups in total. The maximum Gasteiger partial charge on any atom is 0.353 e. The molecule has 0 unspecified atom stereocenters. The molecule has 0 atom stereocenters. The fraction of sp³-hybridized carbons (Fsp3) is 0.0323. The van der Waals surface area contributed by atoms with Crippen molar-refractivity contribution in [1.82, 2.24) is 0 Å². The highest BCUT2D eigenvalue weighted by Gasteiger charge is 2.18. The van der Waals surface area contributed by atoms with Crippen LogP contribution in [0, 0.1) is 0 Å². The molecule has 6 rings (SSSR count). The molecule has 2 heterocycles. The molecule has 0 bridgehead atoms. The monoisotopic (exact) mass is 520 g/mol. The molecule has 180 valence electrons. The van der Waals surface area contributed by atoms with Crippen molar-refractivity contribution in [1.29, 1.82) is 0 Å². The minimum Gasteiger partial charge on any atom is -0.422 e. The maximum atomic E-state index is 12.8. The summed E-state index contributed by atoms with van der Waals surface area (Å²) in [7, 11) is 0. The van der Waals surface area contributed by atoms with E-state index in [0.717, 1.165) is 32.7 Å². The van der Waals surface area contributed by atoms with Crippen LogP contribution in [0.25, 0.3) is 21.5 Å². The summed E-state index contributed by atoms with van der Waals surface area (Å²) >= 11 is 2.70. The van der Waals surface area contributed by atoms with Crippen molar-refractivity contribution in [3.8, 4) is 11.5 Å². The van der Waals surface area contributed by atoms with Crippen LogP contribution in [0.3, 0.4) is 0 Å². The Kier molecular flexibility index (Phi) is 6.26. The first-order valence-electron chi connectivity index (χ1n) is 11.7. The van der Waals surface area contributed by atoms with Crippen LogP contribution in [-0.4, -0.2) is 11.9 Å². The molecule has 0 fully saturated rings. The molecule has 4 nitrogen and oxygen atoms in total. The number of thiophene rings is 2. The zero-order valence-electron chi connectivity index (χ0n) is 19.5. The Balaban J connectivity index is 1.44. The third kappa shape index (κ3) is 4.77. The fourth-order valence-electron chi connectivity index (χ4n) is 4.45. The summed E-state index contributed by atoms with van der Waals surface area (Å²) in [6, 6.07) is 30.8. The number of esters is 2. The van der Waals surface area contributed by atoms with Crippen LogP contribution in [0.4, 0.5) is 0 Å². The summed E-state index contributed by atoms with van der Waals surface area (Å²) in [5.74, 6) is 0.230. The number of benzene rings is 4. The summed E-state index contributed by atoms with van der Waals surface area (Å²) in [5.41, 5.74) is 1.87. The van der Waals surface area contributed by atoms with Crippen molar-refractivity contribution >= 4 is 56.2 Å². The third-order valence-corrected chi connectivity index (χ3v) is 7.84. The molecule has 6 aromatic rings. The predicted molar refractivity (Wildman–Crippen MR) is 149 cm³/mol. The Morgan fingerprint density at radius 2 is 1.27 bits per heavy atom. The lowest BCUT2D eigenvalue weighted by atomic mass is 9.94. The molecule has 37 heavy (non-hydrogen) atoms. The Morgan fingerprint density at radius 3 is 1.97 bits per heavy atom. The summed E-state index contributed by atoms with van der Waals surface area (Å²) in [6.45, 7) is 0. The first-order chi connectivity index (χ1) is 18.2. The van der Waals surface area contributed by atoms with Crippen molar-refractivity contribution in [2.24, 2.45) is 0 Å². The minimum atomic E-state index is -0.382. The highest BCUT2D eigenvalue weighted by atomic mass is 32.1. The normalized spacial score (nSPS) is 11.0. The van der Waals surface area contributed by atoms with Gasteiger partial charge in [-0.2, -0.15) is 0 Å². The molecule has 0 saturated heterocycles. The average Bonchev–Trinajstić information content (AvgIpc) is 3.65. The Hall–Kier alpha value is -4.26. The standard InChI is InChI=1S/C31H20O4S2/c32-30(28-11-5-15-36-28)34-23-17-21-8-2-3-9-24(21)22(18-23)19-26-25-10-4-1-7-20(25)13-14-27(26)35-31(33)29-12-6-16-37-29/h1-18H,19H2. The molecule has 4 aromatic carbocycles. The predicted octanol–water partition coefficient (Wildman–Crippen LogP) is 8.15. The first-order valence-corrected chi connectivity index (χ1v) is 13.5. The number of carbonyl (C=O) groups is 2. The lowest BCUT2D eigenvalue weighted by Crippen LogP contribution is -2.09. The Labute approximate surface area is 221 Å². The number of hydrogen-bond acceptors (Lipinski definition) is 6. The van der Waals surface area contributed by atoms with Crippen molar-refractivity contribution in [2.75, 3.05) is 0 Å². The molecule has 0 spiro atoms. The van der Waals surface area contributed by atoms with Gasteiger partial charge in [-0.25, -0.2) is 9.59 Å². The van der Waals surface area contributed by atoms with E-state index in [1.54, 1.807) is 12.1 Å². The van der Waals surface area contributed by atoms with Crippen LogP contribution in [0.5, 0.6) is 11.5 Å². The van der Waals surface area contributed by atoms with Crippen molar-refractivity contribution in [2.45, 2.75) is 6.42 Å². The van der Waals surface area contributed by atoms with Crippen molar-refractivity contribution in [3.63, 3.8) is 0 Å². The average molecular weight is 521 g/mol. The zero-order valence-corrected chi connectivity index (χ0v) is 21.2. The maximum absolute atomic E-state index is 12.8. The Morgan fingerprint density at radius 1 is 0.622 bits per heavy atom. The van der Waals surface area contributed by atoms with E-state index in [-0.39, 0.29) is 11.9 Å². The highest BCUT2D eigenvalue weighted by molar-refractivity contribution is 7.12. The van der Waals surface area contributed by atoms with E-state index < -0.39 is 0 Å². The van der Waals surface area contributed by atoms with E-state index >= 15 is 0 Å². The zero-order chi connectivity index (χ0) is 25.2. The van der Waals surface area contributed by atoms with E-state index in [1.807, 2.05) is 89.6 Å². The van der Waals surface area contributed by atoms with E-state index in [1.165, 1.54) is 22.7 Å². The number of rotatable bonds is 6. The molecular formula is C31H20O4S2. The van der Waals surface area contributed by atoms with Crippen LogP contribution in [-0.2, 0) is 6.42 Å². The molecule has 0 saturated carbocycles. The molecule has 0 aliphatic carbocycles. The largest absolute Gasteiger partial charge is 0.422 e. The first kappa shape index (κ1) is 23.2. The SMILES string of the molecule is O=C(Oc1cc(Cc2c(OC(=O)c3cccs3)ccc3ccccc23)c2ccccc2c1)c1cccs1. The van der Waals surface area contributed by atoms with Crippen LogP contribution in [0.1, 0.15) is 30.5 Å². The van der Waals surface area contributed by atoms with Gasteiger partial charge in [0, 0.05) is 12.0 Å². The quantitative estimate of drug-likeness (QED) is 0.164. The van der Waals surface area contributed by atoms with Gasteiger partial charge in [-0.15, -0.1) is 22.7 Å². The summed E-state index contributed by atoms with van der Waals surface area (Å²) in [4.78, 5) is 26.6. The highest BCUT2D eigenvalue weighted by Crippen LogP contribution is 2.35. The molecular weight excluding hydrogens is 500 g/mol. The topological polar surface area (TPSA) is 52.6 Å². The van der Waals surface area contributed by atoms with Gasteiger partial charge in [0.1, 0.15) is 21.3 Å². The van der Waals surface area contributed by atoms with Gasteiger partial charge in [-0.3, -0.25) is 0 Å². The Bertz CT molecular complexity index is 1730. The number of fused-ring (bicyclic) bond motifs is 2. The number of carbonyl (C=O) groups excluding carboxylic acids is 2. The molecule has 0 amide bonds. The fourth-order valence-corrected chi connectivity index (χ4v) is 5.64. The van der Waals surface area contributed by atoms with Gasteiger partial charge in [0.25, 0.3) is 0 Å².